The minimum atomic E-state index is -1.39. The number of carbonyl (C=O) groups is 2. The Balaban J connectivity index is 2.05. The molecular weight excluding hydrogens is 488 g/mol. The van der Waals surface area contributed by atoms with Crippen molar-refractivity contribution in [3.8, 4) is 0 Å². The molecule has 10 unspecified atom stereocenters. The van der Waals surface area contributed by atoms with E-state index in [1.165, 1.54) is 6.92 Å². The van der Waals surface area contributed by atoms with E-state index in [0.29, 0.717) is 5.92 Å². The summed E-state index contributed by atoms with van der Waals surface area (Å²) in [5.74, 6) is -0.649. The molecule has 0 bridgehead atoms. The number of esters is 2. The average molecular weight is 539 g/mol. The van der Waals surface area contributed by atoms with Crippen LogP contribution in [0.25, 0.3) is 0 Å². The molecule has 0 aromatic rings. The van der Waals surface area contributed by atoms with E-state index in [9.17, 15) is 24.9 Å². The van der Waals surface area contributed by atoms with Gasteiger partial charge in [0.15, 0.2) is 0 Å². The van der Waals surface area contributed by atoms with Crippen molar-refractivity contribution >= 4 is 11.9 Å². The Bertz CT molecular complexity index is 834. The molecule has 8 nitrogen and oxygen atoms in total. The molecule has 0 aromatic heterocycles. The predicted molar refractivity (Wildman–Crippen MR) is 145 cm³/mol. The highest BCUT2D eigenvalue weighted by Crippen LogP contribution is 2.37. The first-order valence-corrected chi connectivity index (χ1v) is 14.2. The first-order chi connectivity index (χ1) is 17.7. The van der Waals surface area contributed by atoms with Gasteiger partial charge in [0.1, 0.15) is 17.8 Å². The maximum atomic E-state index is 12.6. The molecule has 0 aromatic carbocycles. The molecule has 0 radical (unpaired) electrons. The fourth-order valence-corrected chi connectivity index (χ4v) is 5.26. The second kappa shape index (κ2) is 14.6. The molecule has 2 rings (SSSR count). The van der Waals surface area contributed by atoms with E-state index in [1.807, 2.05) is 33.8 Å². The number of epoxide rings is 1. The number of aliphatic hydroxyl groups is 3. The number of rotatable bonds is 10. The quantitative estimate of drug-likeness (QED) is 0.214. The van der Waals surface area contributed by atoms with E-state index in [1.54, 1.807) is 13.0 Å². The molecule has 0 saturated carbocycles. The molecule has 2 aliphatic rings. The zero-order valence-corrected chi connectivity index (χ0v) is 24.3. The van der Waals surface area contributed by atoms with Gasteiger partial charge >= 0.3 is 11.9 Å². The van der Waals surface area contributed by atoms with Gasteiger partial charge in [-0.05, 0) is 69.9 Å². The molecule has 0 amide bonds. The van der Waals surface area contributed by atoms with Gasteiger partial charge in [-0.15, -0.1) is 0 Å². The number of allylic oxidation sites excluding steroid dienone is 1. The minimum Gasteiger partial charge on any atom is -0.457 e. The Labute approximate surface area is 228 Å². The second-order valence-corrected chi connectivity index (χ2v) is 11.8. The van der Waals surface area contributed by atoms with Crippen LogP contribution in [0.4, 0.5) is 0 Å². The molecule has 218 valence electrons. The molecule has 3 N–H and O–H groups in total. The Morgan fingerprint density at radius 1 is 1.29 bits per heavy atom. The van der Waals surface area contributed by atoms with Crippen molar-refractivity contribution in [3.05, 3.63) is 23.8 Å². The van der Waals surface area contributed by atoms with Crippen LogP contribution in [0.5, 0.6) is 0 Å². The van der Waals surface area contributed by atoms with Gasteiger partial charge in [0.05, 0.1) is 30.8 Å². The highest BCUT2D eigenvalue weighted by Gasteiger charge is 2.45. The summed E-state index contributed by atoms with van der Waals surface area (Å²) < 4.78 is 17.0. The monoisotopic (exact) mass is 538 g/mol. The number of ether oxygens (including phenoxy) is 3. The van der Waals surface area contributed by atoms with Gasteiger partial charge in [-0.2, -0.15) is 0 Å². The largest absolute Gasteiger partial charge is 0.457 e. The first kappa shape index (κ1) is 32.5. The molecule has 2 aliphatic heterocycles. The van der Waals surface area contributed by atoms with E-state index in [2.05, 4.69) is 13.0 Å². The van der Waals surface area contributed by atoms with Crippen LogP contribution < -0.4 is 0 Å². The Kier molecular flexibility index (Phi) is 12.5. The Morgan fingerprint density at radius 2 is 1.97 bits per heavy atom. The van der Waals surface area contributed by atoms with Crippen molar-refractivity contribution in [3.63, 3.8) is 0 Å². The zero-order chi connectivity index (χ0) is 28.6. The third kappa shape index (κ3) is 10.1. The summed E-state index contributed by atoms with van der Waals surface area (Å²) in [6.07, 6.45) is 6.79. The van der Waals surface area contributed by atoms with Crippen LogP contribution >= 0.6 is 0 Å². The lowest BCUT2D eigenvalue weighted by Gasteiger charge is -2.32. The van der Waals surface area contributed by atoms with Gasteiger partial charge in [0.25, 0.3) is 0 Å². The van der Waals surface area contributed by atoms with E-state index >= 15 is 0 Å². The number of cyclic esters (lactones) is 1. The molecule has 38 heavy (non-hydrogen) atoms. The van der Waals surface area contributed by atoms with Crippen LogP contribution in [0.2, 0.25) is 0 Å². The van der Waals surface area contributed by atoms with Crippen molar-refractivity contribution < 1.29 is 39.1 Å². The van der Waals surface area contributed by atoms with Crippen LogP contribution in [-0.4, -0.2) is 69.5 Å². The van der Waals surface area contributed by atoms with E-state index in [0.717, 1.165) is 31.3 Å². The van der Waals surface area contributed by atoms with Crippen LogP contribution in [-0.2, 0) is 23.8 Å². The predicted octanol–water partition coefficient (Wildman–Crippen LogP) is 4.25. The van der Waals surface area contributed by atoms with Crippen molar-refractivity contribution in [2.45, 2.75) is 136 Å². The second-order valence-electron chi connectivity index (χ2n) is 11.8. The van der Waals surface area contributed by atoms with Crippen molar-refractivity contribution in [2.24, 2.45) is 17.8 Å². The van der Waals surface area contributed by atoms with E-state index in [-0.39, 0.29) is 49.4 Å². The molecule has 8 heteroatoms. The summed E-state index contributed by atoms with van der Waals surface area (Å²) in [6.45, 7) is 12.9. The van der Waals surface area contributed by atoms with Crippen LogP contribution in [0.15, 0.2) is 23.8 Å². The number of hydrogen-bond donors (Lipinski definition) is 3. The molecular formula is C30H50O8. The number of hydrogen-bond acceptors (Lipinski definition) is 8. The highest BCUT2D eigenvalue weighted by molar-refractivity contribution is 5.70. The molecule has 0 spiro atoms. The first-order valence-electron chi connectivity index (χ1n) is 14.2. The van der Waals surface area contributed by atoms with E-state index in [4.69, 9.17) is 14.2 Å². The lowest BCUT2D eigenvalue weighted by atomic mass is 9.88. The summed E-state index contributed by atoms with van der Waals surface area (Å²) in [5, 5.41) is 31.4. The zero-order valence-electron chi connectivity index (χ0n) is 24.3. The number of carbonyl (C=O) groups excluding carboxylic acids is 2. The van der Waals surface area contributed by atoms with Gasteiger partial charge in [-0.1, -0.05) is 39.8 Å². The highest BCUT2D eigenvalue weighted by atomic mass is 16.6. The van der Waals surface area contributed by atoms with Gasteiger partial charge in [0, 0.05) is 18.8 Å². The maximum absolute atomic E-state index is 12.6. The summed E-state index contributed by atoms with van der Waals surface area (Å²) >= 11 is 0. The van der Waals surface area contributed by atoms with Crippen LogP contribution in [0.3, 0.4) is 0 Å². The molecule has 2 heterocycles. The van der Waals surface area contributed by atoms with Gasteiger partial charge in [-0.25, -0.2) is 0 Å². The van der Waals surface area contributed by atoms with E-state index < -0.39 is 35.9 Å². The van der Waals surface area contributed by atoms with Gasteiger partial charge in [0.2, 0.25) is 0 Å². The SMILES string of the molecule is CCC(O)C(C)C1OC1CC(C)CCC=C(C)C1OC(=O)CC(O)CCC(C)(O)C(OC(C)=O)C=CC1C. The molecule has 0 aliphatic carbocycles. The Morgan fingerprint density at radius 3 is 2.61 bits per heavy atom. The normalized spacial score (nSPS) is 35.3. The fourth-order valence-electron chi connectivity index (χ4n) is 5.26. The van der Waals surface area contributed by atoms with Gasteiger partial charge in [-0.3, -0.25) is 9.59 Å². The van der Waals surface area contributed by atoms with Crippen molar-refractivity contribution in [2.75, 3.05) is 0 Å². The van der Waals surface area contributed by atoms with Gasteiger partial charge < -0.3 is 29.5 Å². The van der Waals surface area contributed by atoms with Crippen LogP contribution in [0.1, 0.15) is 93.4 Å². The molecule has 1 saturated heterocycles. The summed E-state index contributed by atoms with van der Waals surface area (Å²) in [7, 11) is 0. The summed E-state index contributed by atoms with van der Waals surface area (Å²) in [6, 6.07) is 0. The van der Waals surface area contributed by atoms with Crippen molar-refractivity contribution in [1.29, 1.82) is 0 Å². The smallest absolute Gasteiger partial charge is 0.309 e. The standard InChI is InChI=1S/C30H50O8/c1-8-24(33)21(5)29-25(37-29)16-18(2)10-9-11-19(3)28-20(4)12-13-26(36-22(6)31)30(7,35)15-14-23(32)17-27(34)38-28/h11-13,18,20-21,23-26,28-29,32-33,35H,8-10,14-17H2,1-7H3. The fraction of sp³-hybridized carbons (Fsp3) is 0.800. The topological polar surface area (TPSA) is 126 Å². The summed E-state index contributed by atoms with van der Waals surface area (Å²) in [4.78, 5) is 24.3. The third-order valence-corrected chi connectivity index (χ3v) is 7.99. The average Bonchev–Trinajstić information content (AvgIpc) is 3.60. The maximum Gasteiger partial charge on any atom is 0.309 e. The lowest BCUT2D eigenvalue weighted by molar-refractivity contribution is -0.157. The summed E-state index contributed by atoms with van der Waals surface area (Å²) in [5.41, 5.74) is -0.482. The van der Waals surface area contributed by atoms with Crippen LogP contribution in [0, 0.1) is 17.8 Å². The Hall–Kier alpha value is -1.74. The number of aliphatic hydroxyl groups excluding tert-OH is 2. The van der Waals surface area contributed by atoms with Crippen molar-refractivity contribution in [1.82, 2.24) is 0 Å². The lowest BCUT2D eigenvalue weighted by Crippen LogP contribution is -2.42. The molecule has 10 atom stereocenters. The third-order valence-electron chi connectivity index (χ3n) is 7.99. The molecule has 1 fully saturated rings. The minimum absolute atomic E-state index is 0.139.